The number of fused-ring (bicyclic) bond motifs is 7. The van der Waals surface area contributed by atoms with Gasteiger partial charge in [0.05, 0.1) is 24.2 Å². The van der Waals surface area contributed by atoms with Crippen LogP contribution in [0.1, 0.15) is 113 Å². The predicted molar refractivity (Wildman–Crippen MR) is 164 cm³/mol. The highest BCUT2D eigenvalue weighted by atomic mass is 16.7. The summed E-state index contributed by atoms with van der Waals surface area (Å²) >= 11 is 0. The van der Waals surface area contributed by atoms with Crippen molar-refractivity contribution in [2.24, 2.45) is 50.2 Å². The molecule has 0 spiro atoms. The number of hydrogen-bond donors (Lipinski definition) is 4. The van der Waals surface area contributed by atoms with Crippen LogP contribution < -0.4 is 0 Å². The van der Waals surface area contributed by atoms with Crippen LogP contribution in [0.4, 0.5) is 0 Å². The Balaban J connectivity index is 1.31. The third-order valence-corrected chi connectivity index (χ3v) is 15.1. The molecule has 1 saturated heterocycles. The van der Waals surface area contributed by atoms with E-state index in [4.69, 9.17) is 9.47 Å². The minimum Gasteiger partial charge on any atom is -0.481 e. The second-order valence-electron chi connectivity index (χ2n) is 17.6. The van der Waals surface area contributed by atoms with Crippen LogP contribution in [0.5, 0.6) is 0 Å². The molecule has 44 heavy (non-hydrogen) atoms. The molecule has 4 saturated carbocycles. The van der Waals surface area contributed by atoms with Gasteiger partial charge in [-0.15, -0.1) is 0 Å². The van der Waals surface area contributed by atoms with Gasteiger partial charge in [-0.2, -0.15) is 0 Å². The molecule has 4 N–H and O–H groups in total. The molecule has 1 heterocycles. The Hall–Kier alpha value is -1.32. The molecule has 0 aromatic rings. The van der Waals surface area contributed by atoms with Gasteiger partial charge in [-0.3, -0.25) is 9.59 Å². The first kappa shape index (κ1) is 32.6. The van der Waals surface area contributed by atoms with Crippen molar-refractivity contribution in [2.75, 3.05) is 6.61 Å². The highest BCUT2D eigenvalue weighted by Crippen LogP contribution is 2.75. The number of hydrogen-bond acceptors (Lipinski definition) is 7. The van der Waals surface area contributed by atoms with E-state index in [9.17, 15) is 30.0 Å². The number of rotatable bonds is 4. The molecule has 8 nitrogen and oxygen atoms in total. The Labute approximate surface area is 263 Å². The van der Waals surface area contributed by atoms with Crippen LogP contribution in [0, 0.1) is 50.2 Å². The van der Waals surface area contributed by atoms with Crippen molar-refractivity contribution in [3.05, 3.63) is 11.6 Å². The molecule has 0 unspecified atom stereocenters. The lowest BCUT2D eigenvalue weighted by molar-refractivity contribution is -0.296. The van der Waals surface area contributed by atoms with Crippen LogP contribution in [0.25, 0.3) is 0 Å². The highest BCUT2D eigenvalue weighted by Gasteiger charge is 2.70. The zero-order chi connectivity index (χ0) is 32.3. The molecular formula is C36H56O8. The molecule has 5 fully saturated rings. The van der Waals surface area contributed by atoms with Crippen LogP contribution in [-0.4, -0.2) is 69.5 Å². The summed E-state index contributed by atoms with van der Waals surface area (Å²) in [7, 11) is 0. The van der Waals surface area contributed by atoms with Crippen molar-refractivity contribution in [2.45, 2.75) is 143 Å². The number of ketones is 1. The van der Waals surface area contributed by atoms with Gasteiger partial charge in [-0.25, -0.2) is 0 Å². The number of aliphatic carboxylic acids is 1. The summed E-state index contributed by atoms with van der Waals surface area (Å²) < 4.78 is 12.4. The summed E-state index contributed by atoms with van der Waals surface area (Å²) in [6.45, 7) is 15.4. The maximum Gasteiger partial charge on any atom is 0.309 e. The number of carbonyl (C=O) groups is 2. The van der Waals surface area contributed by atoms with Crippen LogP contribution in [0.15, 0.2) is 11.6 Å². The molecular weight excluding hydrogens is 560 g/mol. The molecule has 6 aliphatic rings. The van der Waals surface area contributed by atoms with Gasteiger partial charge in [0, 0.05) is 12.3 Å². The lowest BCUT2D eigenvalue weighted by atomic mass is 9.33. The number of aliphatic hydroxyl groups is 3. The van der Waals surface area contributed by atoms with Gasteiger partial charge >= 0.3 is 5.97 Å². The van der Waals surface area contributed by atoms with Crippen molar-refractivity contribution in [1.82, 2.24) is 0 Å². The topological polar surface area (TPSA) is 134 Å². The van der Waals surface area contributed by atoms with E-state index in [1.54, 1.807) is 0 Å². The van der Waals surface area contributed by atoms with Crippen molar-refractivity contribution >= 4 is 11.8 Å². The minimum absolute atomic E-state index is 0.0299. The van der Waals surface area contributed by atoms with Gasteiger partial charge < -0.3 is 29.9 Å². The van der Waals surface area contributed by atoms with E-state index in [2.05, 4.69) is 41.5 Å². The van der Waals surface area contributed by atoms with E-state index >= 15 is 0 Å². The van der Waals surface area contributed by atoms with E-state index in [0.717, 1.165) is 44.9 Å². The summed E-state index contributed by atoms with van der Waals surface area (Å²) in [5, 5.41) is 40.4. The summed E-state index contributed by atoms with van der Waals surface area (Å²) in [5.74, 6) is -0.267. The van der Waals surface area contributed by atoms with Crippen molar-refractivity contribution in [3.63, 3.8) is 0 Å². The molecule has 0 aromatic heterocycles. The molecule has 8 heteroatoms. The van der Waals surface area contributed by atoms with Crippen LogP contribution in [-0.2, 0) is 19.1 Å². The zero-order valence-electron chi connectivity index (χ0n) is 27.9. The third kappa shape index (κ3) is 4.40. The normalized spacial score (nSPS) is 53.4. The molecule has 1 aliphatic heterocycles. The van der Waals surface area contributed by atoms with Gasteiger partial charge in [0.15, 0.2) is 12.1 Å². The molecule has 0 radical (unpaired) electrons. The number of carbonyl (C=O) groups excluding carboxylic acids is 1. The molecule has 5 aliphatic carbocycles. The van der Waals surface area contributed by atoms with Gasteiger partial charge in [0.2, 0.25) is 0 Å². The lowest BCUT2D eigenvalue weighted by Crippen LogP contribution is -2.67. The zero-order valence-corrected chi connectivity index (χ0v) is 27.9. The summed E-state index contributed by atoms with van der Waals surface area (Å²) in [5.41, 5.74) is -0.373. The predicted octanol–water partition coefficient (Wildman–Crippen LogP) is 5.27. The van der Waals surface area contributed by atoms with E-state index in [1.165, 1.54) is 5.57 Å². The van der Waals surface area contributed by atoms with Gasteiger partial charge in [0.25, 0.3) is 0 Å². The number of aliphatic hydroxyl groups excluding tert-OH is 3. The average Bonchev–Trinajstić information content (AvgIpc) is 2.94. The Kier molecular flexibility index (Phi) is 7.66. The van der Waals surface area contributed by atoms with E-state index < -0.39 is 36.0 Å². The quantitative estimate of drug-likeness (QED) is 0.314. The summed E-state index contributed by atoms with van der Waals surface area (Å²) in [6, 6.07) is 0. The van der Waals surface area contributed by atoms with Gasteiger partial charge in [-0.05, 0) is 110 Å². The van der Waals surface area contributed by atoms with E-state index in [1.807, 2.05) is 13.0 Å². The smallest absolute Gasteiger partial charge is 0.309 e. The SMILES string of the molecule is CC1(C)[C@@H](O[C@@H]2C[C@H](O)[C@H](O)[C@H](CO)O2)CC[C@@]2(C)[C@H]1CC[C@]1(C)[C@H]2C(=O)C=C2[C@H]3C[C@@](C)(C(=O)O)CC[C@]3(C)CC[C@]21C. The average molecular weight is 617 g/mol. The van der Waals surface area contributed by atoms with Crippen LogP contribution in [0.2, 0.25) is 0 Å². The van der Waals surface area contributed by atoms with Crippen LogP contribution in [0.3, 0.4) is 0 Å². The first-order valence-electron chi connectivity index (χ1n) is 17.1. The Morgan fingerprint density at radius 3 is 2.32 bits per heavy atom. The maximum atomic E-state index is 14.6. The minimum atomic E-state index is -1.14. The number of carboxylic acid groups (broad SMARTS) is 1. The van der Waals surface area contributed by atoms with Crippen molar-refractivity contribution < 1.29 is 39.5 Å². The Morgan fingerprint density at radius 1 is 0.977 bits per heavy atom. The fraction of sp³-hybridized carbons (Fsp3) is 0.889. The van der Waals surface area contributed by atoms with E-state index in [-0.39, 0.29) is 69.7 Å². The molecule has 248 valence electrons. The van der Waals surface area contributed by atoms with Crippen LogP contribution >= 0.6 is 0 Å². The first-order valence-corrected chi connectivity index (χ1v) is 17.1. The Morgan fingerprint density at radius 2 is 1.66 bits per heavy atom. The summed E-state index contributed by atoms with van der Waals surface area (Å²) in [4.78, 5) is 27.0. The largest absolute Gasteiger partial charge is 0.481 e. The monoisotopic (exact) mass is 616 g/mol. The van der Waals surface area contributed by atoms with Crippen molar-refractivity contribution in [3.8, 4) is 0 Å². The molecule has 6 rings (SSSR count). The number of ether oxygens (including phenoxy) is 2. The second-order valence-corrected chi connectivity index (χ2v) is 17.6. The fourth-order valence-electron chi connectivity index (χ4n) is 11.9. The van der Waals surface area contributed by atoms with Gasteiger partial charge in [-0.1, -0.05) is 47.1 Å². The Bertz CT molecular complexity index is 1230. The summed E-state index contributed by atoms with van der Waals surface area (Å²) in [6.07, 6.45) is 6.05. The fourth-order valence-corrected chi connectivity index (χ4v) is 11.9. The number of allylic oxidation sites excluding steroid dienone is 2. The number of carboxylic acids is 1. The molecule has 13 atom stereocenters. The standard InChI is InChI=1S/C36H56O8/c1-31(2)25-8-11-36(7)29(34(25,5)10-9-26(31)44-27-17-22(38)28(40)24(19-37)43-27)23(39)16-20-21-18-33(4,30(41)42)13-12-32(21,3)14-15-35(20,36)6/h16,21-22,24-29,37-38,40H,8-15,17-19H2,1-7H3,(H,41,42)/t21-,22+,24+,25+,26+,27-,28+,29+,32-,33+,34+,35-,36-/m1/s1. The van der Waals surface area contributed by atoms with Gasteiger partial charge in [0.1, 0.15) is 12.2 Å². The maximum absolute atomic E-state index is 14.6. The van der Waals surface area contributed by atoms with E-state index in [0.29, 0.717) is 12.8 Å². The van der Waals surface area contributed by atoms with Crippen molar-refractivity contribution in [1.29, 1.82) is 0 Å². The third-order valence-electron chi connectivity index (χ3n) is 15.1. The second kappa shape index (κ2) is 10.3. The highest BCUT2D eigenvalue weighted by molar-refractivity contribution is 5.95. The molecule has 0 amide bonds. The first-order chi connectivity index (χ1) is 20.4. The lowest BCUT2D eigenvalue weighted by Gasteiger charge is -2.70. The molecule has 0 bridgehead atoms. The molecule has 0 aromatic carbocycles.